The van der Waals surface area contributed by atoms with Crippen molar-refractivity contribution < 1.29 is 14.3 Å². The topological polar surface area (TPSA) is 38.8 Å². The van der Waals surface area contributed by atoms with Crippen molar-refractivity contribution in [3.05, 3.63) is 0 Å². The molecule has 0 unspecified atom stereocenters. The Balaban J connectivity index is 1.88. The highest BCUT2D eigenvalue weighted by molar-refractivity contribution is 7.98. The van der Waals surface area contributed by atoms with Crippen molar-refractivity contribution in [2.24, 2.45) is 0 Å². The molecule has 0 radical (unpaired) electrons. The summed E-state index contributed by atoms with van der Waals surface area (Å²) in [4.78, 5) is 13.8. The van der Waals surface area contributed by atoms with Crippen LogP contribution in [-0.2, 0) is 14.3 Å². The Morgan fingerprint density at radius 2 is 2.19 bits per heavy atom. The van der Waals surface area contributed by atoms with Crippen LogP contribution in [-0.4, -0.2) is 54.9 Å². The zero-order valence-corrected chi connectivity index (χ0v) is 10.6. The lowest BCUT2D eigenvalue weighted by molar-refractivity contribution is -0.192. The lowest BCUT2D eigenvalue weighted by Crippen LogP contribution is -2.51. The number of thioether (sulfide) groups is 1. The van der Waals surface area contributed by atoms with E-state index >= 15 is 0 Å². The number of likely N-dealkylation sites (tertiary alicyclic amines) is 1. The zero-order valence-electron chi connectivity index (χ0n) is 9.74. The summed E-state index contributed by atoms with van der Waals surface area (Å²) in [5, 5.41) is 0. The van der Waals surface area contributed by atoms with Crippen molar-refractivity contribution in [3.8, 4) is 0 Å². The maximum Gasteiger partial charge on any atom is 0.223 e. The molecule has 0 aromatic heterocycles. The van der Waals surface area contributed by atoms with Gasteiger partial charge in [0.05, 0.1) is 19.8 Å². The number of piperidine rings is 1. The fourth-order valence-corrected chi connectivity index (χ4v) is 2.66. The van der Waals surface area contributed by atoms with Crippen LogP contribution >= 0.6 is 11.8 Å². The van der Waals surface area contributed by atoms with Crippen molar-refractivity contribution in [2.75, 3.05) is 38.3 Å². The van der Waals surface area contributed by atoms with E-state index in [-0.39, 0.29) is 5.91 Å². The van der Waals surface area contributed by atoms with Crippen LogP contribution in [0.2, 0.25) is 0 Å². The molecule has 0 saturated carbocycles. The number of ether oxygens (including phenoxy) is 2. The molecule has 2 saturated heterocycles. The molecule has 2 fully saturated rings. The highest BCUT2D eigenvalue weighted by atomic mass is 32.2. The second-order valence-electron chi connectivity index (χ2n) is 4.27. The van der Waals surface area contributed by atoms with Gasteiger partial charge in [0, 0.05) is 25.1 Å². The number of hydrogen-bond donors (Lipinski definition) is 0. The third-order valence-corrected chi connectivity index (χ3v) is 3.72. The Hall–Kier alpha value is -0.260. The van der Waals surface area contributed by atoms with E-state index in [4.69, 9.17) is 9.47 Å². The number of carbonyl (C=O) groups is 1. The van der Waals surface area contributed by atoms with Crippen LogP contribution in [0.5, 0.6) is 0 Å². The molecule has 2 heterocycles. The van der Waals surface area contributed by atoms with Crippen molar-refractivity contribution in [1.82, 2.24) is 4.90 Å². The summed E-state index contributed by atoms with van der Waals surface area (Å²) in [6.07, 6.45) is 4.54. The molecule has 0 atom stereocenters. The molecule has 0 aromatic carbocycles. The number of amides is 1. The number of hydrogen-bond acceptors (Lipinski definition) is 4. The zero-order chi connectivity index (χ0) is 11.4. The monoisotopic (exact) mass is 245 g/mol. The average Bonchev–Trinajstić information content (AvgIpc) is 2.74. The minimum Gasteiger partial charge on any atom is -0.346 e. The Labute approximate surface area is 101 Å². The fourth-order valence-electron chi connectivity index (χ4n) is 2.28. The van der Waals surface area contributed by atoms with E-state index in [1.807, 2.05) is 11.2 Å². The molecule has 2 aliphatic rings. The molecule has 1 amide bonds. The molecular weight excluding hydrogens is 226 g/mol. The Morgan fingerprint density at radius 1 is 1.44 bits per heavy atom. The van der Waals surface area contributed by atoms with E-state index in [1.165, 1.54) is 0 Å². The van der Waals surface area contributed by atoms with E-state index in [2.05, 4.69) is 0 Å². The molecule has 0 bridgehead atoms. The summed E-state index contributed by atoms with van der Waals surface area (Å²) in [5.74, 6) is 0.643. The van der Waals surface area contributed by atoms with Crippen molar-refractivity contribution in [1.29, 1.82) is 0 Å². The molecule has 1 spiro atoms. The molecule has 0 aromatic rings. The van der Waals surface area contributed by atoms with Gasteiger partial charge in [-0.1, -0.05) is 0 Å². The van der Waals surface area contributed by atoms with Gasteiger partial charge in [0.2, 0.25) is 5.91 Å². The molecule has 2 rings (SSSR count). The van der Waals surface area contributed by atoms with Crippen molar-refractivity contribution >= 4 is 17.7 Å². The van der Waals surface area contributed by atoms with Gasteiger partial charge in [0.15, 0.2) is 5.79 Å². The SMILES string of the molecule is CSCCC(=O)N1CCCC2(C1)OCCO2. The van der Waals surface area contributed by atoms with Crippen LogP contribution in [0.25, 0.3) is 0 Å². The van der Waals surface area contributed by atoms with Gasteiger partial charge in [-0.05, 0) is 12.7 Å². The second-order valence-corrected chi connectivity index (χ2v) is 5.25. The van der Waals surface area contributed by atoms with Gasteiger partial charge in [0.25, 0.3) is 0 Å². The molecule has 92 valence electrons. The fraction of sp³-hybridized carbons (Fsp3) is 0.909. The van der Waals surface area contributed by atoms with E-state index in [0.717, 1.165) is 25.1 Å². The molecule has 2 aliphatic heterocycles. The van der Waals surface area contributed by atoms with Crippen LogP contribution in [0.4, 0.5) is 0 Å². The molecule has 0 N–H and O–H groups in total. The first kappa shape index (κ1) is 12.2. The first-order chi connectivity index (χ1) is 7.76. The van der Waals surface area contributed by atoms with Crippen LogP contribution in [0, 0.1) is 0 Å². The molecule has 16 heavy (non-hydrogen) atoms. The van der Waals surface area contributed by atoms with Gasteiger partial charge in [-0.15, -0.1) is 0 Å². The predicted molar refractivity (Wildman–Crippen MR) is 63.4 cm³/mol. The highest BCUT2D eigenvalue weighted by Gasteiger charge is 2.41. The van der Waals surface area contributed by atoms with Crippen molar-refractivity contribution in [3.63, 3.8) is 0 Å². The summed E-state index contributed by atoms with van der Waals surface area (Å²) in [7, 11) is 0. The number of carbonyl (C=O) groups excluding carboxylic acids is 1. The summed E-state index contributed by atoms with van der Waals surface area (Å²) in [5.41, 5.74) is 0. The van der Waals surface area contributed by atoms with Crippen molar-refractivity contribution in [2.45, 2.75) is 25.0 Å². The van der Waals surface area contributed by atoms with E-state index in [1.54, 1.807) is 11.8 Å². The normalized spacial score (nSPS) is 23.9. The largest absolute Gasteiger partial charge is 0.346 e. The van der Waals surface area contributed by atoms with E-state index in [0.29, 0.717) is 26.2 Å². The third-order valence-electron chi connectivity index (χ3n) is 3.10. The lowest BCUT2D eigenvalue weighted by Gasteiger charge is -2.38. The van der Waals surface area contributed by atoms with Gasteiger partial charge in [-0.25, -0.2) is 0 Å². The average molecular weight is 245 g/mol. The minimum absolute atomic E-state index is 0.229. The first-order valence-corrected chi connectivity index (χ1v) is 7.20. The quantitative estimate of drug-likeness (QED) is 0.746. The Bertz CT molecular complexity index is 254. The number of rotatable bonds is 3. The maximum atomic E-state index is 11.9. The minimum atomic E-state index is -0.479. The van der Waals surface area contributed by atoms with Gasteiger partial charge < -0.3 is 14.4 Å². The maximum absolute atomic E-state index is 11.9. The summed E-state index contributed by atoms with van der Waals surface area (Å²) in [6, 6.07) is 0. The van der Waals surface area contributed by atoms with Crippen LogP contribution in [0.3, 0.4) is 0 Å². The predicted octanol–water partition coefficient (Wildman–Crippen LogP) is 1.10. The standard InChI is InChI=1S/C11H19NO3S/c1-16-8-3-10(13)12-5-2-4-11(9-12)14-6-7-15-11/h2-9H2,1H3. The summed E-state index contributed by atoms with van der Waals surface area (Å²) < 4.78 is 11.3. The van der Waals surface area contributed by atoms with Gasteiger partial charge >= 0.3 is 0 Å². The van der Waals surface area contributed by atoms with Gasteiger partial charge in [-0.3, -0.25) is 4.79 Å². The van der Waals surface area contributed by atoms with E-state index < -0.39 is 5.79 Å². The second kappa shape index (κ2) is 5.38. The number of nitrogens with zero attached hydrogens (tertiary/aromatic N) is 1. The van der Waals surface area contributed by atoms with E-state index in [9.17, 15) is 4.79 Å². The molecule has 5 heteroatoms. The Morgan fingerprint density at radius 3 is 2.88 bits per heavy atom. The summed E-state index contributed by atoms with van der Waals surface area (Å²) in [6.45, 7) is 2.78. The van der Waals surface area contributed by atoms with Gasteiger partial charge in [0.1, 0.15) is 0 Å². The van der Waals surface area contributed by atoms with Gasteiger partial charge in [-0.2, -0.15) is 11.8 Å². The molecular formula is C11H19NO3S. The smallest absolute Gasteiger partial charge is 0.223 e. The molecule has 4 nitrogen and oxygen atoms in total. The first-order valence-electron chi connectivity index (χ1n) is 5.80. The third kappa shape index (κ3) is 2.70. The summed E-state index contributed by atoms with van der Waals surface area (Å²) >= 11 is 1.71. The van der Waals surface area contributed by atoms with Crippen LogP contribution < -0.4 is 0 Å². The molecule has 0 aliphatic carbocycles. The van der Waals surface area contributed by atoms with Crippen LogP contribution in [0.15, 0.2) is 0 Å². The highest BCUT2D eigenvalue weighted by Crippen LogP contribution is 2.30. The van der Waals surface area contributed by atoms with Crippen LogP contribution in [0.1, 0.15) is 19.3 Å². The Kier molecular flexibility index (Phi) is 4.10. The lowest BCUT2D eigenvalue weighted by atomic mass is 10.0.